The van der Waals surface area contributed by atoms with Crippen molar-refractivity contribution in [2.45, 2.75) is 58.0 Å². The number of esters is 1. The molecule has 25 heavy (non-hydrogen) atoms. The van der Waals surface area contributed by atoms with Crippen molar-refractivity contribution in [3.63, 3.8) is 0 Å². The number of rotatable bonds is 6. The van der Waals surface area contributed by atoms with Crippen molar-refractivity contribution in [2.75, 3.05) is 7.11 Å². The number of allylic oxidation sites excluding steroid dienone is 1. The molecule has 0 amide bonds. The van der Waals surface area contributed by atoms with Gasteiger partial charge in [-0.15, -0.1) is 0 Å². The second-order valence-electron chi connectivity index (χ2n) is 7.99. The molecule has 2 atom stereocenters. The van der Waals surface area contributed by atoms with Crippen LogP contribution in [0.4, 0.5) is 0 Å². The number of ether oxygens (including phenoxy) is 1. The number of carbonyl (C=O) groups excluding carboxylic acids is 2. The first-order valence-corrected chi connectivity index (χ1v) is 12.5. The number of benzene rings is 1. The van der Waals surface area contributed by atoms with Crippen molar-refractivity contribution in [1.82, 2.24) is 4.90 Å². The Morgan fingerprint density at radius 1 is 1.24 bits per heavy atom. The molecule has 1 aliphatic rings. The monoisotopic (exact) mass is 359 g/mol. The van der Waals surface area contributed by atoms with Crippen molar-refractivity contribution >= 4 is 19.8 Å². The number of hydrogen-bond donors (Lipinski definition) is 0. The van der Waals surface area contributed by atoms with E-state index in [1.54, 1.807) is 6.92 Å². The van der Waals surface area contributed by atoms with Gasteiger partial charge in [0.15, 0.2) is 11.8 Å². The number of nitrogens with zero attached hydrogens (tertiary/aromatic N) is 1. The van der Waals surface area contributed by atoms with E-state index in [9.17, 15) is 9.59 Å². The largest absolute Gasteiger partial charge is 0.467 e. The maximum Gasteiger partial charge on any atom is 0.333 e. The zero-order chi connectivity index (χ0) is 18.8. The van der Waals surface area contributed by atoms with Gasteiger partial charge in [-0.05, 0) is 31.9 Å². The summed E-state index contributed by atoms with van der Waals surface area (Å²) in [7, 11) is 0.0419. The number of ketones is 1. The molecule has 0 aromatic heterocycles. The molecule has 1 aliphatic heterocycles. The molecule has 0 radical (unpaired) electrons. The second-order valence-corrected chi connectivity index (χ2v) is 13.5. The van der Waals surface area contributed by atoms with Gasteiger partial charge in [-0.3, -0.25) is 4.79 Å². The average Bonchev–Trinajstić information content (AvgIpc) is 2.84. The van der Waals surface area contributed by atoms with Crippen molar-refractivity contribution < 1.29 is 14.3 Å². The summed E-state index contributed by atoms with van der Waals surface area (Å²) in [6.07, 6.45) is 0.714. The Morgan fingerprint density at radius 2 is 1.84 bits per heavy atom. The van der Waals surface area contributed by atoms with E-state index < -0.39 is 14.1 Å². The SMILES string of the molecule is COC(=O)C(c1ccccc1)N1C(C)=C(C(C)=O)CC1C[Si](C)(C)C. The van der Waals surface area contributed by atoms with Crippen LogP contribution >= 0.6 is 0 Å². The van der Waals surface area contributed by atoms with Crippen molar-refractivity contribution in [3.8, 4) is 0 Å². The van der Waals surface area contributed by atoms with E-state index in [-0.39, 0.29) is 17.8 Å². The van der Waals surface area contributed by atoms with Crippen LogP contribution in [0, 0.1) is 0 Å². The van der Waals surface area contributed by atoms with Crippen LogP contribution < -0.4 is 0 Å². The Kier molecular flexibility index (Phi) is 5.88. The molecule has 136 valence electrons. The summed E-state index contributed by atoms with van der Waals surface area (Å²) in [5, 5.41) is 0. The molecule has 0 spiro atoms. The highest BCUT2D eigenvalue weighted by atomic mass is 28.3. The fourth-order valence-electron chi connectivity index (χ4n) is 3.75. The molecule has 1 aromatic rings. The van der Waals surface area contributed by atoms with E-state index in [0.717, 1.165) is 22.9 Å². The van der Waals surface area contributed by atoms with Gasteiger partial charge in [0, 0.05) is 25.4 Å². The first-order chi connectivity index (χ1) is 11.7. The Bertz CT molecular complexity index is 676. The molecule has 0 saturated carbocycles. The van der Waals surface area contributed by atoms with Crippen molar-refractivity contribution in [3.05, 3.63) is 47.2 Å². The minimum absolute atomic E-state index is 0.0947. The van der Waals surface area contributed by atoms with Gasteiger partial charge in [0.1, 0.15) is 0 Å². The van der Waals surface area contributed by atoms with Crippen LogP contribution in [0.25, 0.3) is 0 Å². The lowest BCUT2D eigenvalue weighted by Gasteiger charge is -2.37. The summed E-state index contributed by atoms with van der Waals surface area (Å²) in [4.78, 5) is 26.9. The van der Waals surface area contributed by atoms with Crippen molar-refractivity contribution in [2.24, 2.45) is 0 Å². The van der Waals surface area contributed by atoms with Crippen LogP contribution in [0.2, 0.25) is 25.7 Å². The van der Waals surface area contributed by atoms with Gasteiger partial charge in [0.25, 0.3) is 0 Å². The van der Waals surface area contributed by atoms with Crippen LogP contribution in [-0.2, 0) is 14.3 Å². The lowest BCUT2D eigenvalue weighted by atomic mass is 10.0. The van der Waals surface area contributed by atoms with Gasteiger partial charge in [-0.25, -0.2) is 4.79 Å². The standard InChI is InChI=1S/C20H29NO3Si/c1-14-18(15(2)22)12-17(13-25(4,5)6)21(14)19(20(23)24-3)16-10-8-7-9-11-16/h7-11,17,19H,12-13H2,1-6H3. The van der Waals surface area contributed by atoms with E-state index in [1.807, 2.05) is 37.3 Å². The summed E-state index contributed by atoms with van der Waals surface area (Å²) >= 11 is 0. The Hall–Kier alpha value is -1.88. The molecule has 0 saturated heterocycles. The highest BCUT2D eigenvalue weighted by Gasteiger charge is 2.41. The minimum Gasteiger partial charge on any atom is -0.467 e. The van der Waals surface area contributed by atoms with E-state index >= 15 is 0 Å². The Labute approximate surface area is 151 Å². The Morgan fingerprint density at radius 3 is 2.32 bits per heavy atom. The molecule has 2 rings (SSSR count). The molecule has 1 aromatic carbocycles. The van der Waals surface area contributed by atoms with Gasteiger partial charge < -0.3 is 9.64 Å². The zero-order valence-electron chi connectivity index (χ0n) is 16.1. The smallest absolute Gasteiger partial charge is 0.333 e. The van der Waals surface area contributed by atoms with Crippen molar-refractivity contribution in [1.29, 1.82) is 0 Å². The van der Waals surface area contributed by atoms with Crippen LogP contribution in [-0.4, -0.2) is 37.9 Å². The van der Waals surface area contributed by atoms with Crippen LogP contribution in [0.5, 0.6) is 0 Å². The van der Waals surface area contributed by atoms with E-state index in [1.165, 1.54) is 7.11 Å². The molecular formula is C20H29NO3Si. The fourth-order valence-corrected chi connectivity index (χ4v) is 5.50. The lowest BCUT2D eigenvalue weighted by Crippen LogP contribution is -2.41. The number of Topliss-reactive ketones (excluding diaryl/α,β-unsaturated/α-hetero) is 1. The molecule has 0 fully saturated rings. The maximum absolute atomic E-state index is 12.7. The fraction of sp³-hybridized carbons (Fsp3) is 0.500. The summed E-state index contributed by atoms with van der Waals surface area (Å²) in [5.74, 6) is -0.187. The molecular weight excluding hydrogens is 330 g/mol. The van der Waals surface area contributed by atoms with Gasteiger partial charge in [0.2, 0.25) is 0 Å². The first-order valence-electron chi connectivity index (χ1n) is 8.77. The van der Waals surface area contributed by atoms with Gasteiger partial charge in [0.05, 0.1) is 7.11 Å². The third-order valence-corrected chi connectivity index (χ3v) is 6.44. The third-order valence-electron chi connectivity index (χ3n) is 4.75. The summed E-state index contributed by atoms with van der Waals surface area (Å²) in [6.45, 7) is 10.5. The topological polar surface area (TPSA) is 46.6 Å². The molecule has 0 bridgehead atoms. The van der Waals surface area contributed by atoms with Crippen LogP contribution in [0.15, 0.2) is 41.6 Å². The molecule has 0 aliphatic carbocycles. The summed E-state index contributed by atoms with van der Waals surface area (Å²) in [5.41, 5.74) is 2.65. The summed E-state index contributed by atoms with van der Waals surface area (Å²) in [6, 6.07) is 10.4. The average molecular weight is 360 g/mol. The maximum atomic E-state index is 12.7. The van der Waals surface area contributed by atoms with E-state index in [2.05, 4.69) is 24.5 Å². The van der Waals surface area contributed by atoms with Gasteiger partial charge >= 0.3 is 5.97 Å². The molecule has 4 nitrogen and oxygen atoms in total. The normalized spacial score (nSPS) is 19.1. The highest BCUT2D eigenvalue weighted by molar-refractivity contribution is 6.76. The minimum atomic E-state index is -1.38. The molecule has 1 heterocycles. The quantitative estimate of drug-likeness (QED) is 0.565. The van der Waals surface area contributed by atoms with Gasteiger partial charge in [-0.2, -0.15) is 0 Å². The van der Waals surface area contributed by atoms with Crippen LogP contribution in [0.1, 0.15) is 31.9 Å². The highest BCUT2D eigenvalue weighted by Crippen LogP contribution is 2.40. The number of hydrogen-bond acceptors (Lipinski definition) is 4. The van der Waals surface area contributed by atoms with E-state index in [0.29, 0.717) is 6.42 Å². The van der Waals surface area contributed by atoms with E-state index in [4.69, 9.17) is 4.74 Å². The molecule has 2 unspecified atom stereocenters. The lowest BCUT2D eigenvalue weighted by molar-refractivity contribution is -0.147. The van der Waals surface area contributed by atoms with Crippen LogP contribution in [0.3, 0.4) is 0 Å². The third kappa shape index (κ3) is 4.40. The first kappa shape index (κ1) is 19.4. The zero-order valence-corrected chi connectivity index (χ0v) is 17.1. The predicted molar refractivity (Wildman–Crippen MR) is 103 cm³/mol. The second kappa shape index (κ2) is 7.56. The summed E-state index contributed by atoms with van der Waals surface area (Å²) < 4.78 is 5.12. The van der Waals surface area contributed by atoms with Gasteiger partial charge in [-0.1, -0.05) is 50.0 Å². The molecule has 0 N–H and O–H groups in total. The number of carbonyl (C=O) groups is 2. The molecule has 5 heteroatoms. The predicted octanol–water partition coefficient (Wildman–Crippen LogP) is 4.18. The number of methoxy groups -OCH3 is 1. The Balaban J connectivity index is 2.52.